The summed E-state index contributed by atoms with van der Waals surface area (Å²) in [7, 11) is 0. The van der Waals surface area contributed by atoms with Crippen molar-refractivity contribution >= 4 is 11.6 Å². The molecule has 0 saturated carbocycles. The number of carbonyl (C=O) groups is 1. The molecule has 2 N–H and O–H groups in total. The van der Waals surface area contributed by atoms with E-state index in [1.54, 1.807) is 17.5 Å². The summed E-state index contributed by atoms with van der Waals surface area (Å²) >= 11 is 0. The summed E-state index contributed by atoms with van der Waals surface area (Å²) in [5, 5.41) is 4.61. The van der Waals surface area contributed by atoms with Crippen LogP contribution in [0, 0.1) is 0 Å². The lowest BCUT2D eigenvalue weighted by molar-refractivity contribution is -0.120. The van der Waals surface area contributed by atoms with Crippen LogP contribution >= 0.6 is 0 Å². The third-order valence-electron chi connectivity index (χ3n) is 2.48. The van der Waals surface area contributed by atoms with Gasteiger partial charge < -0.3 is 10.2 Å². The summed E-state index contributed by atoms with van der Waals surface area (Å²) in [5.41, 5.74) is 4.71. The SMILES string of the molecule is CCC(=O)NCc1ccccc1N1C=CON1. The first-order chi connectivity index (χ1) is 8.31. The molecule has 5 nitrogen and oxygen atoms in total. The third kappa shape index (κ3) is 2.76. The summed E-state index contributed by atoms with van der Waals surface area (Å²) in [6, 6.07) is 7.81. The maximum atomic E-state index is 11.2. The van der Waals surface area contributed by atoms with Gasteiger partial charge in [-0.15, -0.1) is 0 Å². The van der Waals surface area contributed by atoms with E-state index < -0.39 is 0 Å². The predicted molar refractivity (Wildman–Crippen MR) is 64.4 cm³/mol. The minimum Gasteiger partial charge on any atom is -0.395 e. The van der Waals surface area contributed by atoms with Crippen molar-refractivity contribution in [1.82, 2.24) is 10.9 Å². The van der Waals surface area contributed by atoms with E-state index in [1.165, 1.54) is 0 Å². The Labute approximate surface area is 100.0 Å². The highest BCUT2D eigenvalue weighted by Crippen LogP contribution is 2.20. The van der Waals surface area contributed by atoms with Crippen molar-refractivity contribution < 1.29 is 9.63 Å². The van der Waals surface area contributed by atoms with E-state index in [9.17, 15) is 4.79 Å². The number of amides is 1. The topological polar surface area (TPSA) is 53.6 Å². The number of hydrogen-bond donors (Lipinski definition) is 2. The monoisotopic (exact) mass is 233 g/mol. The van der Waals surface area contributed by atoms with Crippen molar-refractivity contribution in [3.63, 3.8) is 0 Å². The van der Waals surface area contributed by atoms with Gasteiger partial charge in [0, 0.05) is 13.0 Å². The van der Waals surface area contributed by atoms with Crippen molar-refractivity contribution in [2.45, 2.75) is 19.9 Å². The molecule has 90 valence electrons. The van der Waals surface area contributed by atoms with Gasteiger partial charge in [0.2, 0.25) is 5.91 Å². The van der Waals surface area contributed by atoms with Gasteiger partial charge in [-0.1, -0.05) is 30.7 Å². The minimum absolute atomic E-state index is 0.0426. The fraction of sp³-hybridized carbons (Fsp3) is 0.250. The van der Waals surface area contributed by atoms with Crippen LogP contribution in [0.5, 0.6) is 0 Å². The molecule has 1 heterocycles. The van der Waals surface area contributed by atoms with Crippen LogP contribution < -0.4 is 15.9 Å². The largest absolute Gasteiger partial charge is 0.395 e. The van der Waals surface area contributed by atoms with E-state index in [0.29, 0.717) is 13.0 Å². The van der Waals surface area contributed by atoms with Crippen LogP contribution in [0.25, 0.3) is 0 Å². The lowest BCUT2D eigenvalue weighted by Crippen LogP contribution is -2.29. The minimum atomic E-state index is 0.0426. The molecule has 1 aromatic carbocycles. The van der Waals surface area contributed by atoms with Crippen molar-refractivity contribution in [2.75, 3.05) is 5.01 Å². The van der Waals surface area contributed by atoms with Crippen molar-refractivity contribution in [3.8, 4) is 0 Å². The molecule has 0 unspecified atom stereocenters. The van der Waals surface area contributed by atoms with Gasteiger partial charge in [-0.2, -0.15) is 0 Å². The number of nitrogens with zero attached hydrogens (tertiary/aromatic N) is 1. The Hall–Kier alpha value is -2.01. The molecular weight excluding hydrogens is 218 g/mol. The molecule has 0 fully saturated rings. The molecule has 17 heavy (non-hydrogen) atoms. The van der Waals surface area contributed by atoms with Crippen LogP contribution in [0.15, 0.2) is 36.7 Å². The standard InChI is InChI=1S/C12H15N3O2/c1-2-12(16)13-9-10-5-3-4-6-11(10)15-7-8-17-14-15/h3-8,14H,2,9H2,1H3,(H,13,16). The molecule has 1 aliphatic rings. The first-order valence-corrected chi connectivity index (χ1v) is 5.53. The zero-order valence-corrected chi connectivity index (χ0v) is 9.64. The molecule has 2 rings (SSSR count). The molecule has 0 spiro atoms. The fourth-order valence-electron chi connectivity index (χ4n) is 1.55. The number of benzene rings is 1. The molecule has 0 bridgehead atoms. The van der Waals surface area contributed by atoms with Crippen molar-refractivity contribution in [3.05, 3.63) is 42.3 Å². The van der Waals surface area contributed by atoms with Crippen molar-refractivity contribution in [1.29, 1.82) is 0 Å². The number of anilines is 1. The predicted octanol–water partition coefficient (Wildman–Crippen LogP) is 1.44. The summed E-state index contributed by atoms with van der Waals surface area (Å²) < 4.78 is 0. The number of carbonyl (C=O) groups excluding carboxylic acids is 1. The lowest BCUT2D eigenvalue weighted by Gasteiger charge is -2.18. The van der Waals surface area contributed by atoms with Crippen LogP contribution in [0.3, 0.4) is 0 Å². The average molecular weight is 233 g/mol. The number of hydrazine groups is 1. The van der Waals surface area contributed by atoms with E-state index >= 15 is 0 Å². The second-order valence-corrected chi connectivity index (χ2v) is 3.62. The van der Waals surface area contributed by atoms with E-state index in [4.69, 9.17) is 4.84 Å². The Bertz CT molecular complexity index is 432. The van der Waals surface area contributed by atoms with Gasteiger partial charge in [-0.05, 0) is 11.6 Å². The second-order valence-electron chi connectivity index (χ2n) is 3.62. The van der Waals surface area contributed by atoms with Gasteiger partial charge in [0.1, 0.15) is 6.26 Å². The first-order valence-electron chi connectivity index (χ1n) is 5.53. The van der Waals surface area contributed by atoms with E-state index in [2.05, 4.69) is 10.9 Å². The normalized spacial score (nSPS) is 13.6. The molecule has 5 heteroatoms. The summed E-state index contributed by atoms with van der Waals surface area (Å²) in [6.45, 7) is 2.34. The number of hydrogen-bond acceptors (Lipinski definition) is 4. The van der Waals surface area contributed by atoms with Crippen molar-refractivity contribution in [2.24, 2.45) is 0 Å². The maximum Gasteiger partial charge on any atom is 0.219 e. The highest BCUT2D eigenvalue weighted by atomic mass is 16.7. The zero-order chi connectivity index (χ0) is 12.1. The molecule has 0 atom stereocenters. The zero-order valence-electron chi connectivity index (χ0n) is 9.64. The average Bonchev–Trinajstić information content (AvgIpc) is 2.90. The third-order valence-corrected chi connectivity index (χ3v) is 2.48. The van der Waals surface area contributed by atoms with Crippen LogP contribution in [0.4, 0.5) is 5.69 Å². The molecule has 1 amide bonds. The Morgan fingerprint density at radius 1 is 1.47 bits per heavy atom. The molecule has 1 aromatic rings. The smallest absolute Gasteiger partial charge is 0.219 e. The first kappa shape index (κ1) is 11.5. The fourth-order valence-corrected chi connectivity index (χ4v) is 1.55. The summed E-state index contributed by atoms with van der Waals surface area (Å²) in [5.74, 6) is 0.0426. The van der Waals surface area contributed by atoms with Gasteiger partial charge in [-0.25, -0.2) is 5.01 Å². The van der Waals surface area contributed by atoms with Gasteiger partial charge in [0.05, 0.1) is 11.9 Å². The van der Waals surface area contributed by atoms with Gasteiger partial charge in [-0.3, -0.25) is 4.79 Å². The van der Waals surface area contributed by atoms with Crippen LogP contribution in [0.1, 0.15) is 18.9 Å². The molecule has 0 aliphatic carbocycles. The number of para-hydroxylation sites is 1. The lowest BCUT2D eigenvalue weighted by atomic mass is 10.1. The Balaban J connectivity index is 2.10. The second kappa shape index (κ2) is 5.36. The van der Waals surface area contributed by atoms with E-state index in [1.807, 2.05) is 31.2 Å². The molecular formula is C12H15N3O2. The van der Waals surface area contributed by atoms with Gasteiger partial charge in [0.25, 0.3) is 0 Å². The van der Waals surface area contributed by atoms with Crippen LogP contribution in [-0.4, -0.2) is 5.91 Å². The summed E-state index contributed by atoms with van der Waals surface area (Å²) in [4.78, 5) is 16.2. The molecule has 1 aliphatic heterocycles. The number of rotatable bonds is 4. The quantitative estimate of drug-likeness (QED) is 0.826. The highest BCUT2D eigenvalue weighted by Gasteiger charge is 2.12. The molecule has 0 radical (unpaired) electrons. The van der Waals surface area contributed by atoms with Gasteiger partial charge >= 0.3 is 0 Å². The van der Waals surface area contributed by atoms with E-state index in [-0.39, 0.29) is 5.91 Å². The Morgan fingerprint density at radius 3 is 3.00 bits per heavy atom. The van der Waals surface area contributed by atoms with Crippen LogP contribution in [0.2, 0.25) is 0 Å². The van der Waals surface area contributed by atoms with Gasteiger partial charge in [0.15, 0.2) is 0 Å². The Kier molecular flexibility index (Phi) is 3.62. The summed E-state index contributed by atoms with van der Waals surface area (Å²) in [6.07, 6.45) is 3.83. The Morgan fingerprint density at radius 2 is 2.29 bits per heavy atom. The molecule has 0 saturated heterocycles. The molecule has 0 aromatic heterocycles. The maximum absolute atomic E-state index is 11.2. The highest BCUT2D eigenvalue weighted by molar-refractivity contribution is 5.75. The number of nitrogens with one attached hydrogen (secondary N) is 2. The van der Waals surface area contributed by atoms with E-state index in [0.717, 1.165) is 11.3 Å². The van der Waals surface area contributed by atoms with Crippen LogP contribution in [-0.2, 0) is 16.2 Å².